The van der Waals surface area contributed by atoms with Crippen molar-refractivity contribution in [2.75, 3.05) is 0 Å². The number of aromatic nitrogens is 2. The first-order valence-electron chi connectivity index (χ1n) is 17.7. The largest absolute Gasteiger partial charge is 0.309 e. The monoisotopic (exact) mass is 678 g/mol. The van der Waals surface area contributed by atoms with Gasteiger partial charge in [-0.25, -0.2) is 4.98 Å². The van der Waals surface area contributed by atoms with E-state index in [0.29, 0.717) is 0 Å². The number of para-hydroxylation sites is 1. The average Bonchev–Trinajstić information content (AvgIpc) is 3.77. The van der Waals surface area contributed by atoms with E-state index in [0.717, 1.165) is 28.2 Å². The molecule has 11 aromatic rings. The normalized spacial score (nSPS) is 11.8. The second kappa shape index (κ2) is 11.5. The summed E-state index contributed by atoms with van der Waals surface area (Å²) in [6.07, 6.45) is 0. The summed E-state index contributed by atoms with van der Waals surface area (Å²) in [7, 11) is 0. The maximum Gasteiger partial charge on any atom is 0.0730 e. The standard InChI is InChI=1S/C49H30N2S/c1-3-16-33(17-4-1)41-28-35(29-42(50-41)34-18-5-2-6-19-34)51-43-25-12-11-23-39(43)46-44(51)30-40(38-24-13-20-31-14-7-9-21-36(31)38)48-47-37-22-10-8-15-32(37)26-27-45(47)52-49(46)48/h1-30H. The van der Waals surface area contributed by atoms with Crippen molar-refractivity contribution in [2.24, 2.45) is 0 Å². The molecule has 0 aliphatic carbocycles. The number of nitrogens with zero attached hydrogens (tertiary/aromatic N) is 2. The Hall–Kier alpha value is -6.55. The summed E-state index contributed by atoms with van der Waals surface area (Å²) in [5, 5.41) is 10.3. The second-order valence-corrected chi connectivity index (χ2v) is 14.5. The van der Waals surface area contributed by atoms with Crippen LogP contribution in [0.3, 0.4) is 0 Å². The number of hydrogen-bond acceptors (Lipinski definition) is 2. The van der Waals surface area contributed by atoms with Crippen LogP contribution in [-0.2, 0) is 0 Å². The molecule has 52 heavy (non-hydrogen) atoms. The Morgan fingerprint density at radius 1 is 0.404 bits per heavy atom. The van der Waals surface area contributed by atoms with Gasteiger partial charge in [0.25, 0.3) is 0 Å². The molecule has 0 unspecified atom stereocenters. The fourth-order valence-corrected chi connectivity index (χ4v) is 9.56. The van der Waals surface area contributed by atoms with E-state index in [1.165, 1.54) is 74.6 Å². The molecule has 3 heterocycles. The van der Waals surface area contributed by atoms with Gasteiger partial charge in [-0.2, -0.15) is 0 Å². The fraction of sp³-hybridized carbons (Fsp3) is 0. The Balaban J connectivity index is 1.34. The first-order valence-corrected chi connectivity index (χ1v) is 18.5. The van der Waals surface area contributed by atoms with Crippen molar-refractivity contribution in [3.8, 4) is 39.3 Å². The average molecular weight is 679 g/mol. The molecular formula is C49H30N2S. The third-order valence-corrected chi connectivity index (χ3v) is 11.7. The van der Waals surface area contributed by atoms with Gasteiger partial charge >= 0.3 is 0 Å². The summed E-state index contributed by atoms with van der Waals surface area (Å²) in [4.78, 5) is 5.24. The predicted molar refractivity (Wildman–Crippen MR) is 223 cm³/mol. The molecule has 8 aromatic carbocycles. The Kier molecular flexibility index (Phi) is 6.46. The van der Waals surface area contributed by atoms with Crippen LogP contribution in [0, 0.1) is 0 Å². The number of fused-ring (bicyclic) bond motifs is 10. The molecule has 0 fully saturated rings. The van der Waals surface area contributed by atoms with E-state index in [1.807, 2.05) is 11.3 Å². The summed E-state index contributed by atoms with van der Waals surface area (Å²) in [5.41, 5.74) is 10.1. The van der Waals surface area contributed by atoms with Crippen LogP contribution in [0.5, 0.6) is 0 Å². The van der Waals surface area contributed by atoms with Crippen LogP contribution >= 0.6 is 11.3 Å². The molecule has 3 heteroatoms. The van der Waals surface area contributed by atoms with Gasteiger partial charge in [0.15, 0.2) is 0 Å². The van der Waals surface area contributed by atoms with Crippen molar-refractivity contribution in [1.82, 2.24) is 9.55 Å². The van der Waals surface area contributed by atoms with Crippen molar-refractivity contribution >= 4 is 74.9 Å². The molecule has 0 N–H and O–H groups in total. The molecule has 0 spiro atoms. The maximum atomic E-state index is 5.24. The zero-order chi connectivity index (χ0) is 34.2. The van der Waals surface area contributed by atoms with Gasteiger partial charge in [0.1, 0.15) is 0 Å². The third kappa shape index (κ3) is 4.40. The molecule has 0 bridgehead atoms. The molecule has 3 aromatic heterocycles. The Morgan fingerprint density at radius 2 is 1.00 bits per heavy atom. The molecule has 11 rings (SSSR count). The van der Waals surface area contributed by atoms with Crippen molar-refractivity contribution in [1.29, 1.82) is 0 Å². The van der Waals surface area contributed by atoms with Crippen LogP contribution in [0.4, 0.5) is 0 Å². The highest BCUT2D eigenvalue weighted by atomic mass is 32.1. The van der Waals surface area contributed by atoms with Crippen LogP contribution in [0.25, 0.3) is 103 Å². The van der Waals surface area contributed by atoms with Crippen molar-refractivity contribution in [3.63, 3.8) is 0 Å². The minimum Gasteiger partial charge on any atom is -0.309 e. The number of thiophene rings is 1. The second-order valence-electron chi connectivity index (χ2n) is 13.5. The Morgan fingerprint density at radius 3 is 1.73 bits per heavy atom. The minimum atomic E-state index is 0.951. The molecular weight excluding hydrogens is 649 g/mol. The van der Waals surface area contributed by atoms with Crippen LogP contribution in [-0.4, -0.2) is 9.55 Å². The molecule has 242 valence electrons. The van der Waals surface area contributed by atoms with Crippen LogP contribution in [0.15, 0.2) is 182 Å². The fourth-order valence-electron chi connectivity index (χ4n) is 8.26. The van der Waals surface area contributed by atoms with E-state index in [2.05, 4.69) is 187 Å². The highest BCUT2D eigenvalue weighted by molar-refractivity contribution is 7.27. The minimum absolute atomic E-state index is 0.951. The van der Waals surface area contributed by atoms with E-state index in [1.54, 1.807) is 0 Å². The summed E-state index contributed by atoms with van der Waals surface area (Å²) in [6.45, 7) is 0. The third-order valence-electron chi connectivity index (χ3n) is 10.6. The first kappa shape index (κ1) is 29.2. The quantitative estimate of drug-likeness (QED) is 0.181. The van der Waals surface area contributed by atoms with Crippen LogP contribution in [0.2, 0.25) is 0 Å². The molecule has 2 nitrogen and oxygen atoms in total. The summed E-state index contributed by atoms with van der Waals surface area (Å²) >= 11 is 1.92. The number of hydrogen-bond donors (Lipinski definition) is 0. The van der Waals surface area contributed by atoms with Gasteiger partial charge in [-0.15, -0.1) is 11.3 Å². The predicted octanol–water partition coefficient (Wildman–Crippen LogP) is 13.9. The van der Waals surface area contributed by atoms with E-state index >= 15 is 0 Å². The molecule has 0 aliphatic rings. The molecule has 0 saturated carbocycles. The van der Waals surface area contributed by atoms with Gasteiger partial charge in [-0.05, 0) is 63.0 Å². The van der Waals surface area contributed by atoms with E-state index in [4.69, 9.17) is 4.98 Å². The van der Waals surface area contributed by atoms with Gasteiger partial charge in [0.05, 0.1) is 28.1 Å². The SMILES string of the molecule is c1ccc(-c2cc(-n3c4ccccc4c4c5sc6ccc7ccccc7c6c5c(-c5cccc6ccccc56)cc43)cc(-c3ccccc3)n2)cc1. The molecule has 0 radical (unpaired) electrons. The van der Waals surface area contributed by atoms with Gasteiger partial charge < -0.3 is 4.57 Å². The van der Waals surface area contributed by atoms with Crippen molar-refractivity contribution < 1.29 is 0 Å². The topological polar surface area (TPSA) is 17.8 Å². The summed E-state index contributed by atoms with van der Waals surface area (Å²) in [6, 6.07) is 65.9. The van der Waals surface area contributed by atoms with Gasteiger partial charge in [-0.3, -0.25) is 0 Å². The summed E-state index contributed by atoms with van der Waals surface area (Å²) in [5.74, 6) is 0. The van der Waals surface area contributed by atoms with Gasteiger partial charge in [0, 0.05) is 42.1 Å². The van der Waals surface area contributed by atoms with Crippen molar-refractivity contribution in [3.05, 3.63) is 182 Å². The lowest BCUT2D eigenvalue weighted by Gasteiger charge is -2.15. The lowest BCUT2D eigenvalue weighted by Crippen LogP contribution is -1.98. The number of benzene rings is 8. The number of rotatable bonds is 4. The van der Waals surface area contributed by atoms with E-state index in [9.17, 15) is 0 Å². The molecule has 0 aliphatic heterocycles. The highest BCUT2D eigenvalue weighted by Gasteiger charge is 2.23. The molecule has 0 amide bonds. The lowest BCUT2D eigenvalue weighted by molar-refractivity contribution is 1.16. The van der Waals surface area contributed by atoms with Crippen LogP contribution < -0.4 is 0 Å². The van der Waals surface area contributed by atoms with Gasteiger partial charge in [-0.1, -0.05) is 152 Å². The zero-order valence-corrected chi connectivity index (χ0v) is 28.9. The Labute approximate surface area is 304 Å². The highest BCUT2D eigenvalue weighted by Crippen LogP contribution is 2.50. The van der Waals surface area contributed by atoms with Crippen molar-refractivity contribution in [2.45, 2.75) is 0 Å². The smallest absolute Gasteiger partial charge is 0.0730 e. The van der Waals surface area contributed by atoms with Crippen LogP contribution in [0.1, 0.15) is 0 Å². The summed E-state index contributed by atoms with van der Waals surface area (Å²) < 4.78 is 5.10. The van der Waals surface area contributed by atoms with Gasteiger partial charge in [0.2, 0.25) is 0 Å². The van der Waals surface area contributed by atoms with E-state index in [-0.39, 0.29) is 0 Å². The first-order chi connectivity index (χ1) is 25.8. The zero-order valence-electron chi connectivity index (χ0n) is 28.1. The molecule has 0 atom stereocenters. The molecule has 0 saturated heterocycles. The lowest BCUT2D eigenvalue weighted by atomic mass is 9.92. The number of pyridine rings is 1. The van der Waals surface area contributed by atoms with E-state index < -0.39 is 0 Å². The Bertz CT molecular complexity index is 3110. The maximum absolute atomic E-state index is 5.24.